The third-order valence-electron chi connectivity index (χ3n) is 3.36. The molecule has 0 bridgehead atoms. The molecular formula is C16H29IN4OS2. The maximum atomic E-state index is 11.7. The van der Waals surface area contributed by atoms with E-state index in [9.17, 15) is 4.79 Å². The van der Waals surface area contributed by atoms with E-state index >= 15 is 0 Å². The molecular weight excluding hydrogens is 455 g/mol. The Balaban J connectivity index is 0.00000529. The summed E-state index contributed by atoms with van der Waals surface area (Å²) in [6.07, 6.45) is 2.07. The van der Waals surface area contributed by atoms with Crippen LogP contribution in [0.2, 0.25) is 0 Å². The summed E-state index contributed by atoms with van der Waals surface area (Å²) in [4.78, 5) is 19.0. The standard InChI is InChI=1S/C16H28N4OS2.HI/c1-16(2,13-7-6-9-23-13)12-19-15(17-8-10-22-5)18-11-14(21)20(3)4;/h6-7,9H,8,10-12H2,1-5H3,(H2,17,18,19);1H. The molecule has 138 valence electrons. The number of aliphatic imine (C=N–C) groups is 1. The summed E-state index contributed by atoms with van der Waals surface area (Å²) < 4.78 is 0. The SMILES string of the molecule is CSCCNC(=NCC(=O)N(C)C)NCC(C)(C)c1cccs1.I. The van der Waals surface area contributed by atoms with E-state index in [1.54, 1.807) is 42.1 Å². The van der Waals surface area contributed by atoms with Crippen LogP contribution >= 0.6 is 47.1 Å². The van der Waals surface area contributed by atoms with Gasteiger partial charge in [-0.15, -0.1) is 35.3 Å². The highest BCUT2D eigenvalue weighted by molar-refractivity contribution is 14.0. The molecule has 1 amide bonds. The van der Waals surface area contributed by atoms with Gasteiger partial charge < -0.3 is 15.5 Å². The Morgan fingerprint density at radius 3 is 2.62 bits per heavy atom. The van der Waals surface area contributed by atoms with E-state index in [4.69, 9.17) is 0 Å². The number of rotatable bonds is 8. The lowest BCUT2D eigenvalue weighted by Crippen LogP contribution is -2.44. The molecule has 0 aliphatic carbocycles. The van der Waals surface area contributed by atoms with Crippen LogP contribution in [0, 0.1) is 0 Å². The molecule has 0 aliphatic rings. The second-order valence-electron chi connectivity index (χ2n) is 6.09. The van der Waals surface area contributed by atoms with Crippen molar-refractivity contribution in [1.29, 1.82) is 0 Å². The molecule has 0 aliphatic heterocycles. The Morgan fingerprint density at radius 1 is 1.38 bits per heavy atom. The van der Waals surface area contributed by atoms with Crippen molar-refractivity contribution in [2.24, 2.45) is 4.99 Å². The zero-order valence-electron chi connectivity index (χ0n) is 15.1. The molecule has 0 saturated heterocycles. The number of amides is 1. The second kappa shape index (κ2) is 12.0. The lowest BCUT2D eigenvalue weighted by molar-refractivity contribution is -0.127. The normalized spacial score (nSPS) is 11.6. The largest absolute Gasteiger partial charge is 0.356 e. The number of nitrogens with zero attached hydrogens (tertiary/aromatic N) is 2. The number of thiophene rings is 1. The molecule has 1 heterocycles. The van der Waals surface area contributed by atoms with Gasteiger partial charge in [0.15, 0.2) is 5.96 Å². The maximum absolute atomic E-state index is 11.7. The molecule has 24 heavy (non-hydrogen) atoms. The Kier molecular flexibility index (Phi) is 11.7. The first-order valence-corrected chi connectivity index (χ1v) is 9.89. The predicted octanol–water partition coefficient (Wildman–Crippen LogP) is 2.63. The maximum Gasteiger partial charge on any atom is 0.243 e. The zero-order valence-corrected chi connectivity index (χ0v) is 19.1. The topological polar surface area (TPSA) is 56.7 Å². The number of halogens is 1. The van der Waals surface area contributed by atoms with Crippen LogP contribution in [0.3, 0.4) is 0 Å². The zero-order chi connectivity index (χ0) is 17.3. The van der Waals surface area contributed by atoms with Crippen molar-refractivity contribution in [3.05, 3.63) is 22.4 Å². The molecule has 0 fully saturated rings. The molecule has 0 spiro atoms. The third kappa shape index (κ3) is 8.57. The van der Waals surface area contributed by atoms with Gasteiger partial charge in [0.1, 0.15) is 6.54 Å². The van der Waals surface area contributed by atoms with Crippen LogP contribution < -0.4 is 10.6 Å². The van der Waals surface area contributed by atoms with Crippen molar-refractivity contribution in [3.63, 3.8) is 0 Å². The number of thioether (sulfide) groups is 1. The number of guanidine groups is 1. The highest BCUT2D eigenvalue weighted by atomic mass is 127. The van der Waals surface area contributed by atoms with Crippen molar-refractivity contribution >= 4 is 58.9 Å². The lowest BCUT2D eigenvalue weighted by atomic mass is 9.91. The minimum absolute atomic E-state index is 0. The van der Waals surface area contributed by atoms with E-state index in [0.29, 0.717) is 5.96 Å². The van der Waals surface area contributed by atoms with Crippen LogP contribution in [0.5, 0.6) is 0 Å². The Hall–Kier alpha value is -0.480. The minimum Gasteiger partial charge on any atom is -0.356 e. The molecule has 2 N–H and O–H groups in total. The van der Waals surface area contributed by atoms with Crippen LogP contribution in [-0.4, -0.2) is 62.5 Å². The van der Waals surface area contributed by atoms with Crippen molar-refractivity contribution in [1.82, 2.24) is 15.5 Å². The van der Waals surface area contributed by atoms with Crippen molar-refractivity contribution in [2.75, 3.05) is 45.7 Å². The van der Waals surface area contributed by atoms with Gasteiger partial charge in [-0.2, -0.15) is 11.8 Å². The van der Waals surface area contributed by atoms with Gasteiger partial charge in [-0.3, -0.25) is 4.79 Å². The molecule has 1 rings (SSSR count). The average Bonchev–Trinajstić information content (AvgIpc) is 3.04. The molecule has 0 aromatic carbocycles. The van der Waals surface area contributed by atoms with Crippen LogP contribution in [0.15, 0.2) is 22.5 Å². The molecule has 1 aromatic rings. The summed E-state index contributed by atoms with van der Waals surface area (Å²) >= 11 is 3.54. The summed E-state index contributed by atoms with van der Waals surface area (Å²) in [5.74, 6) is 1.68. The quantitative estimate of drug-likeness (QED) is 0.258. The number of hydrogen-bond acceptors (Lipinski definition) is 4. The van der Waals surface area contributed by atoms with E-state index in [-0.39, 0.29) is 41.8 Å². The predicted molar refractivity (Wildman–Crippen MR) is 118 cm³/mol. The summed E-state index contributed by atoms with van der Waals surface area (Å²) in [6, 6.07) is 4.23. The van der Waals surface area contributed by atoms with Crippen LogP contribution in [0.1, 0.15) is 18.7 Å². The van der Waals surface area contributed by atoms with Gasteiger partial charge in [0.05, 0.1) is 0 Å². The number of hydrogen-bond donors (Lipinski definition) is 2. The highest BCUT2D eigenvalue weighted by Crippen LogP contribution is 2.26. The Labute approximate surface area is 171 Å². The van der Waals surface area contributed by atoms with E-state index in [1.165, 1.54) is 4.88 Å². The van der Waals surface area contributed by atoms with Gasteiger partial charge in [-0.05, 0) is 17.7 Å². The Morgan fingerprint density at radius 2 is 2.08 bits per heavy atom. The van der Waals surface area contributed by atoms with Crippen LogP contribution in [-0.2, 0) is 10.2 Å². The fourth-order valence-corrected chi connectivity index (χ4v) is 2.95. The van der Waals surface area contributed by atoms with Gasteiger partial charge in [0.25, 0.3) is 0 Å². The molecule has 0 unspecified atom stereocenters. The van der Waals surface area contributed by atoms with Crippen LogP contribution in [0.4, 0.5) is 0 Å². The van der Waals surface area contributed by atoms with Gasteiger partial charge >= 0.3 is 0 Å². The average molecular weight is 484 g/mol. The first-order valence-electron chi connectivity index (χ1n) is 7.62. The van der Waals surface area contributed by atoms with E-state index < -0.39 is 0 Å². The van der Waals surface area contributed by atoms with Crippen molar-refractivity contribution in [2.45, 2.75) is 19.3 Å². The van der Waals surface area contributed by atoms with Crippen molar-refractivity contribution in [3.8, 4) is 0 Å². The first kappa shape index (κ1) is 23.5. The van der Waals surface area contributed by atoms with Gasteiger partial charge in [0.2, 0.25) is 5.91 Å². The molecule has 1 aromatic heterocycles. The monoisotopic (exact) mass is 484 g/mol. The molecule has 8 heteroatoms. The van der Waals surface area contributed by atoms with Gasteiger partial charge in [0, 0.05) is 43.2 Å². The summed E-state index contributed by atoms with van der Waals surface area (Å²) in [5, 5.41) is 8.75. The number of likely N-dealkylation sites (N-methyl/N-ethyl adjacent to an activating group) is 1. The third-order valence-corrected chi connectivity index (χ3v) is 5.20. The minimum atomic E-state index is -0.00603. The number of nitrogens with one attached hydrogen (secondary N) is 2. The van der Waals surface area contributed by atoms with Gasteiger partial charge in [-0.25, -0.2) is 4.99 Å². The summed E-state index contributed by atoms with van der Waals surface area (Å²) in [7, 11) is 3.48. The van der Waals surface area contributed by atoms with E-state index in [0.717, 1.165) is 18.8 Å². The van der Waals surface area contributed by atoms with E-state index in [2.05, 4.69) is 53.2 Å². The number of carbonyl (C=O) groups excluding carboxylic acids is 1. The summed E-state index contributed by atoms with van der Waals surface area (Å²) in [6.45, 7) is 6.14. The van der Waals surface area contributed by atoms with Crippen LogP contribution in [0.25, 0.3) is 0 Å². The smallest absolute Gasteiger partial charge is 0.243 e. The molecule has 0 radical (unpaired) electrons. The Bertz CT molecular complexity index is 504. The van der Waals surface area contributed by atoms with Crippen molar-refractivity contribution < 1.29 is 4.79 Å². The second-order valence-corrected chi connectivity index (χ2v) is 8.02. The number of carbonyl (C=O) groups is 1. The molecule has 0 atom stereocenters. The first-order chi connectivity index (χ1) is 10.9. The fraction of sp³-hybridized carbons (Fsp3) is 0.625. The van der Waals surface area contributed by atoms with Gasteiger partial charge in [-0.1, -0.05) is 19.9 Å². The molecule has 0 saturated carbocycles. The highest BCUT2D eigenvalue weighted by Gasteiger charge is 2.22. The molecule has 5 nitrogen and oxygen atoms in total. The summed E-state index contributed by atoms with van der Waals surface area (Å²) in [5.41, 5.74) is 0.0156. The van der Waals surface area contributed by atoms with E-state index in [1.807, 2.05) is 0 Å². The lowest BCUT2D eigenvalue weighted by Gasteiger charge is -2.25. The fourth-order valence-electron chi connectivity index (χ4n) is 1.79.